The van der Waals surface area contributed by atoms with Crippen LogP contribution < -0.4 is 5.32 Å². The summed E-state index contributed by atoms with van der Waals surface area (Å²) in [4.78, 5) is 2.32. The number of hydrogen-bond acceptors (Lipinski definition) is 5. The second-order valence-corrected chi connectivity index (χ2v) is 4.39. The van der Waals surface area contributed by atoms with E-state index in [1.54, 1.807) is 0 Å². The highest BCUT2D eigenvalue weighted by atomic mass is 16.4. The third kappa shape index (κ3) is 2.57. The molecule has 0 amide bonds. The van der Waals surface area contributed by atoms with E-state index in [-0.39, 0.29) is 0 Å². The van der Waals surface area contributed by atoms with E-state index in [0.29, 0.717) is 11.8 Å². The van der Waals surface area contributed by atoms with Crippen molar-refractivity contribution >= 4 is 0 Å². The molecule has 1 aliphatic heterocycles. The zero-order valence-corrected chi connectivity index (χ0v) is 10.2. The average Bonchev–Trinajstić information content (AvgIpc) is 2.89. The smallest absolute Gasteiger partial charge is 0.247 e. The number of nitrogens with zero attached hydrogens (tertiary/aromatic N) is 3. The van der Waals surface area contributed by atoms with Gasteiger partial charge in [-0.1, -0.05) is 18.2 Å². The first-order chi connectivity index (χ1) is 8.92. The SMILES string of the molecule is c1ccc(-c2nnc(CN3CCNCC3)o2)cc1. The van der Waals surface area contributed by atoms with Crippen molar-refractivity contribution in [2.45, 2.75) is 6.54 Å². The minimum atomic E-state index is 0.598. The molecule has 5 nitrogen and oxygen atoms in total. The van der Waals surface area contributed by atoms with Gasteiger partial charge in [-0.25, -0.2) is 0 Å². The van der Waals surface area contributed by atoms with Crippen LogP contribution in [0.1, 0.15) is 5.89 Å². The fourth-order valence-electron chi connectivity index (χ4n) is 2.08. The van der Waals surface area contributed by atoms with Crippen LogP contribution in [0.15, 0.2) is 34.7 Å². The first kappa shape index (κ1) is 11.4. The molecule has 0 atom stereocenters. The molecular formula is C13H16N4O. The Kier molecular flexibility index (Phi) is 3.34. The van der Waals surface area contributed by atoms with E-state index >= 15 is 0 Å². The molecule has 94 valence electrons. The van der Waals surface area contributed by atoms with Crippen LogP contribution in [-0.2, 0) is 6.54 Å². The first-order valence-corrected chi connectivity index (χ1v) is 6.23. The molecule has 5 heteroatoms. The molecule has 18 heavy (non-hydrogen) atoms. The molecule has 1 aromatic carbocycles. The van der Waals surface area contributed by atoms with E-state index < -0.39 is 0 Å². The van der Waals surface area contributed by atoms with Gasteiger partial charge in [0, 0.05) is 31.7 Å². The van der Waals surface area contributed by atoms with Gasteiger partial charge >= 0.3 is 0 Å². The Morgan fingerprint density at radius 2 is 1.89 bits per heavy atom. The number of hydrogen-bond donors (Lipinski definition) is 1. The lowest BCUT2D eigenvalue weighted by Gasteiger charge is -2.25. The van der Waals surface area contributed by atoms with Gasteiger partial charge in [-0.2, -0.15) is 0 Å². The van der Waals surface area contributed by atoms with Gasteiger partial charge < -0.3 is 9.73 Å². The summed E-state index contributed by atoms with van der Waals surface area (Å²) in [7, 11) is 0. The van der Waals surface area contributed by atoms with Gasteiger partial charge in [-0.05, 0) is 12.1 Å². The lowest BCUT2D eigenvalue weighted by Crippen LogP contribution is -2.42. The molecule has 3 rings (SSSR count). The molecule has 1 aliphatic rings. The normalized spacial score (nSPS) is 16.9. The van der Waals surface area contributed by atoms with Gasteiger partial charge in [0.05, 0.1) is 6.54 Å². The predicted octanol–water partition coefficient (Wildman–Crippen LogP) is 1.14. The topological polar surface area (TPSA) is 54.2 Å². The quantitative estimate of drug-likeness (QED) is 0.877. The summed E-state index contributed by atoms with van der Waals surface area (Å²) >= 11 is 0. The molecule has 2 heterocycles. The van der Waals surface area contributed by atoms with Crippen molar-refractivity contribution < 1.29 is 4.42 Å². The van der Waals surface area contributed by atoms with Gasteiger partial charge in [0.2, 0.25) is 11.8 Å². The fraction of sp³-hybridized carbons (Fsp3) is 0.385. The van der Waals surface area contributed by atoms with Gasteiger partial charge in [0.1, 0.15) is 0 Å². The molecule has 0 spiro atoms. The predicted molar refractivity (Wildman–Crippen MR) is 67.9 cm³/mol. The fourth-order valence-corrected chi connectivity index (χ4v) is 2.08. The summed E-state index contributed by atoms with van der Waals surface area (Å²) in [5, 5.41) is 11.5. The number of benzene rings is 1. The second kappa shape index (κ2) is 5.29. The van der Waals surface area contributed by atoms with Crippen LogP contribution in [0.4, 0.5) is 0 Å². The van der Waals surface area contributed by atoms with Crippen LogP contribution in [0.5, 0.6) is 0 Å². The van der Waals surface area contributed by atoms with E-state index in [1.165, 1.54) is 0 Å². The summed E-state index contributed by atoms with van der Waals surface area (Å²) in [5.74, 6) is 1.29. The van der Waals surface area contributed by atoms with Gasteiger partial charge in [-0.3, -0.25) is 4.90 Å². The first-order valence-electron chi connectivity index (χ1n) is 6.23. The van der Waals surface area contributed by atoms with Crippen molar-refractivity contribution in [2.24, 2.45) is 0 Å². The van der Waals surface area contributed by atoms with Crippen LogP contribution in [0.3, 0.4) is 0 Å². The largest absolute Gasteiger partial charge is 0.419 e. The van der Waals surface area contributed by atoms with Crippen LogP contribution in [0, 0.1) is 0 Å². The maximum absolute atomic E-state index is 5.69. The molecule has 0 unspecified atom stereocenters. The number of nitrogens with one attached hydrogen (secondary N) is 1. The standard InChI is InChI=1S/C13H16N4O/c1-2-4-11(5-3-1)13-16-15-12(18-13)10-17-8-6-14-7-9-17/h1-5,14H,6-10H2. The monoisotopic (exact) mass is 244 g/mol. The van der Waals surface area contributed by atoms with Crippen LogP contribution in [0.25, 0.3) is 11.5 Å². The maximum atomic E-state index is 5.69. The van der Waals surface area contributed by atoms with E-state index in [4.69, 9.17) is 4.42 Å². The number of piperazine rings is 1. The molecule has 0 radical (unpaired) electrons. The van der Waals surface area contributed by atoms with E-state index in [9.17, 15) is 0 Å². The molecule has 1 saturated heterocycles. The Morgan fingerprint density at radius 1 is 1.11 bits per heavy atom. The minimum Gasteiger partial charge on any atom is -0.419 e. The molecule has 0 bridgehead atoms. The molecule has 2 aromatic rings. The Hall–Kier alpha value is -1.72. The van der Waals surface area contributed by atoms with Gasteiger partial charge in [0.25, 0.3) is 0 Å². The molecule has 1 N–H and O–H groups in total. The Labute approximate surface area is 106 Å². The number of rotatable bonds is 3. The van der Waals surface area contributed by atoms with Crippen molar-refractivity contribution in [3.05, 3.63) is 36.2 Å². The van der Waals surface area contributed by atoms with Crippen LogP contribution in [0.2, 0.25) is 0 Å². The molecule has 1 aromatic heterocycles. The van der Waals surface area contributed by atoms with Crippen molar-refractivity contribution in [1.29, 1.82) is 0 Å². The zero-order chi connectivity index (χ0) is 12.2. The summed E-state index contributed by atoms with van der Waals surface area (Å²) in [6.07, 6.45) is 0. The Morgan fingerprint density at radius 3 is 2.67 bits per heavy atom. The zero-order valence-electron chi connectivity index (χ0n) is 10.2. The van der Waals surface area contributed by atoms with E-state index in [1.807, 2.05) is 30.3 Å². The average molecular weight is 244 g/mol. The highest BCUT2D eigenvalue weighted by molar-refractivity contribution is 5.51. The van der Waals surface area contributed by atoms with E-state index in [2.05, 4.69) is 20.4 Å². The highest BCUT2D eigenvalue weighted by Crippen LogP contribution is 2.17. The van der Waals surface area contributed by atoms with E-state index in [0.717, 1.165) is 38.3 Å². The highest BCUT2D eigenvalue weighted by Gasteiger charge is 2.14. The Balaban J connectivity index is 1.69. The summed E-state index contributed by atoms with van der Waals surface area (Å²) in [5.41, 5.74) is 0.969. The third-order valence-corrected chi connectivity index (χ3v) is 3.06. The maximum Gasteiger partial charge on any atom is 0.247 e. The van der Waals surface area contributed by atoms with Crippen LogP contribution in [-0.4, -0.2) is 41.3 Å². The third-order valence-electron chi connectivity index (χ3n) is 3.06. The molecule has 1 fully saturated rings. The lowest BCUT2D eigenvalue weighted by molar-refractivity contribution is 0.213. The minimum absolute atomic E-state index is 0.598. The summed E-state index contributed by atoms with van der Waals surface area (Å²) in [6.45, 7) is 4.85. The van der Waals surface area contributed by atoms with Crippen molar-refractivity contribution in [1.82, 2.24) is 20.4 Å². The summed E-state index contributed by atoms with van der Waals surface area (Å²) < 4.78 is 5.69. The van der Waals surface area contributed by atoms with Gasteiger partial charge in [-0.15, -0.1) is 10.2 Å². The molecule has 0 aliphatic carbocycles. The summed E-state index contributed by atoms with van der Waals surface area (Å²) in [6, 6.07) is 9.86. The molecular weight excluding hydrogens is 228 g/mol. The molecule has 0 saturated carbocycles. The second-order valence-electron chi connectivity index (χ2n) is 4.39. The lowest BCUT2D eigenvalue weighted by atomic mass is 10.2. The van der Waals surface area contributed by atoms with Gasteiger partial charge in [0.15, 0.2) is 0 Å². The van der Waals surface area contributed by atoms with Crippen LogP contribution >= 0.6 is 0 Å². The Bertz CT molecular complexity index is 491. The van der Waals surface area contributed by atoms with Crippen molar-refractivity contribution in [3.63, 3.8) is 0 Å². The van der Waals surface area contributed by atoms with Crippen molar-refractivity contribution in [2.75, 3.05) is 26.2 Å². The van der Waals surface area contributed by atoms with Crippen molar-refractivity contribution in [3.8, 4) is 11.5 Å². The number of aromatic nitrogens is 2.